The number of benzene rings is 3. The standard InChI is InChI=1S/C27H24N4O7/c1-14-9-16(31(2)27(36)38-4)6-7-17(14)18-11-20(22(32)12-23(18)37-3)24(29)25(33)30-21-8-5-15(13-28)10-19(21)26(34)35/h5-12,29,32H,1-4H3,(H,30,33)(H,34,35). The number of aromatic carboxylic acids is 1. The second-order valence-electron chi connectivity index (χ2n) is 8.10. The molecule has 0 aromatic heterocycles. The predicted octanol–water partition coefficient (Wildman–Crippen LogP) is 4.16. The van der Waals surface area contributed by atoms with Crippen molar-refractivity contribution in [1.29, 1.82) is 10.7 Å². The van der Waals surface area contributed by atoms with Crippen molar-refractivity contribution in [2.45, 2.75) is 6.92 Å². The first-order valence-electron chi connectivity index (χ1n) is 11.0. The fourth-order valence-electron chi connectivity index (χ4n) is 3.76. The number of anilines is 2. The molecule has 3 aromatic carbocycles. The van der Waals surface area contributed by atoms with Crippen LogP contribution in [0.3, 0.4) is 0 Å². The monoisotopic (exact) mass is 516 g/mol. The number of nitrogens with one attached hydrogen (secondary N) is 2. The van der Waals surface area contributed by atoms with Gasteiger partial charge in [-0.05, 0) is 54.4 Å². The zero-order valence-electron chi connectivity index (χ0n) is 20.9. The first kappa shape index (κ1) is 27.2. The van der Waals surface area contributed by atoms with Crippen molar-refractivity contribution in [2.75, 3.05) is 31.5 Å². The Balaban J connectivity index is 2.01. The second kappa shape index (κ2) is 11.1. The van der Waals surface area contributed by atoms with E-state index >= 15 is 0 Å². The number of rotatable bonds is 7. The Morgan fingerprint density at radius 2 is 1.74 bits per heavy atom. The Bertz CT molecular complexity index is 1510. The highest BCUT2D eigenvalue weighted by Gasteiger charge is 2.23. The van der Waals surface area contributed by atoms with E-state index in [9.17, 15) is 24.6 Å². The van der Waals surface area contributed by atoms with Gasteiger partial charge in [0.1, 0.15) is 17.2 Å². The van der Waals surface area contributed by atoms with E-state index in [0.29, 0.717) is 16.8 Å². The molecule has 0 saturated heterocycles. The fraction of sp³-hybridized carbons (Fsp3) is 0.148. The van der Waals surface area contributed by atoms with Gasteiger partial charge < -0.3 is 25.0 Å². The smallest absolute Gasteiger partial charge is 0.413 e. The lowest BCUT2D eigenvalue weighted by atomic mass is 9.95. The van der Waals surface area contributed by atoms with E-state index in [0.717, 1.165) is 11.6 Å². The van der Waals surface area contributed by atoms with E-state index in [-0.39, 0.29) is 28.1 Å². The predicted molar refractivity (Wildman–Crippen MR) is 139 cm³/mol. The number of carboxylic acids is 1. The number of carboxylic acid groups (broad SMARTS) is 1. The maximum absolute atomic E-state index is 12.9. The topological polar surface area (TPSA) is 173 Å². The third-order valence-corrected chi connectivity index (χ3v) is 5.78. The second-order valence-corrected chi connectivity index (χ2v) is 8.10. The quantitative estimate of drug-likeness (QED) is 0.339. The molecule has 0 aliphatic carbocycles. The third-order valence-electron chi connectivity index (χ3n) is 5.78. The van der Waals surface area contributed by atoms with Gasteiger partial charge in [0.25, 0.3) is 5.91 Å². The highest BCUT2D eigenvalue weighted by Crippen LogP contribution is 2.38. The summed E-state index contributed by atoms with van der Waals surface area (Å²) in [6.45, 7) is 1.80. The minimum atomic E-state index is -1.37. The van der Waals surface area contributed by atoms with Gasteiger partial charge in [-0.1, -0.05) is 6.07 Å². The van der Waals surface area contributed by atoms with Crippen molar-refractivity contribution in [3.8, 4) is 28.7 Å². The van der Waals surface area contributed by atoms with Crippen LogP contribution in [-0.2, 0) is 9.53 Å². The Kier molecular flexibility index (Phi) is 7.97. The van der Waals surface area contributed by atoms with Crippen molar-refractivity contribution in [3.05, 3.63) is 70.8 Å². The molecule has 0 saturated carbocycles. The van der Waals surface area contributed by atoms with Crippen molar-refractivity contribution >= 4 is 35.1 Å². The Hall–Kier alpha value is -5.37. The molecule has 0 unspecified atom stereocenters. The van der Waals surface area contributed by atoms with Crippen molar-refractivity contribution in [2.24, 2.45) is 0 Å². The summed E-state index contributed by atoms with van der Waals surface area (Å²) in [5.74, 6) is -2.47. The lowest BCUT2D eigenvalue weighted by molar-refractivity contribution is -0.110. The van der Waals surface area contributed by atoms with Crippen LogP contribution in [-0.4, -0.2) is 55.2 Å². The van der Waals surface area contributed by atoms with Crippen LogP contribution in [0.1, 0.15) is 27.0 Å². The maximum atomic E-state index is 12.9. The summed E-state index contributed by atoms with van der Waals surface area (Å²) in [5.41, 5.74) is 1.31. The molecule has 0 radical (unpaired) electrons. The summed E-state index contributed by atoms with van der Waals surface area (Å²) in [7, 11) is 4.24. The molecule has 194 valence electrons. The lowest BCUT2D eigenvalue weighted by Gasteiger charge is -2.19. The van der Waals surface area contributed by atoms with Crippen LogP contribution >= 0.6 is 0 Å². The molecule has 0 atom stereocenters. The molecule has 38 heavy (non-hydrogen) atoms. The molecular formula is C27H24N4O7. The number of carbonyl (C=O) groups is 3. The van der Waals surface area contributed by atoms with Crippen molar-refractivity contribution in [3.63, 3.8) is 0 Å². The van der Waals surface area contributed by atoms with Gasteiger partial charge in [-0.15, -0.1) is 0 Å². The number of phenols is 1. The molecular weight excluding hydrogens is 492 g/mol. The maximum Gasteiger partial charge on any atom is 0.413 e. The van der Waals surface area contributed by atoms with Crippen LogP contribution in [0.4, 0.5) is 16.2 Å². The summed E-state index contributed by atoms with van der Waals surface area (Å²) in [5, 5.41) is 39.8. The Labute approximate surface area is 218 Å². The Morgan fingerprint density at radius 1 is 1.03 bits per heavy atom. The van der Waals surface area contributed by atoms with E-state index in [1.165, 1.54) is 43.4 Å². The third kappa shape index (κ3) is 5.39. The number of amides is 2. The number of nitriles is 1. The van der Waals surface area contributed by atoms with Crippen LogP contribution in [0.5, 0.6) is 11.5 Å². The molecule has 0 bridgehead atoms. The van der Waals surface area contributed by atoms with E-state index in [4.69, 9.17) is 20.1 Å². The summed E-state index contributed by atoms with van der Waals surface area (Å²) < 4.78 is 10.2. The molecule has 3 rings (SSSR count). The molecule has 0 heterocycles. The zero-order valence-corrected chi connectivity index (χ0v) is 20.9. The highest BCUT2D eigenvalue weighted by molar-refractivity contribution is 6.48. The average molecular weight is 517 g/mol. The molecule has 3 aromatic rings. The Morgan fingerprint density at radius 3 is 2.32 bits per heavy atom. The van der Waals surface area contributed by atoms with Crippen LogP contribution in [0.2, 0.25) is 0 Å². The van der Waals surface area contributed by atoms with E-state index in [1.807, 2.05) is 6.07 Å². The van der Waals surface area contributed by atoms with Crippen LogP contribution in [0, 0.1) is 23.7 Å². The van der Waals surface area contributed by atoms with Gasteiger partial charge in [0.15, 0.2) is 0 Å². The number of phenolic OH excluding ortho intramolecular Hbond substituents is 1. The van der Waals surface area contributed by atoms with Gasteiger partial charge in [-0.2, -0.15) is 5.26 Å². The molecule has 11 heteroatoms. The first-order chi connectivity index (χ1) is 18.0. The normalized spacial score (nSPS) is 10.2. The number of nitrogens with zero attached hydrogens (tertiary/aromatic N) is 2. The van der Waals surface area contributed by atoms with Crippen LogP contribution < -0.4 is 15.0 Å². The van der Waals surface area contributed by atoms with Gasteiger partial charge in [-0.25, -0.2) is 9.59 Å². The minimum Gasteiger partial charge on any atom is -0.507 e. The number of methoxy groups -OCH3 is 2. The van der Waals surface area contributed by atoms with Crippen LogP contribution in [0.15, 0.2) is 48.5 Å². The van der Waals surface area contributed by atoms with Crippen molar-refractivity contribution < 1.29 is 34.1 Å². The van der Waals surface area contributed by atoms with E-state index in [2.05, 4.69) is 5.32 Å². The van der Waals surface area contributed by atoms with Gasteiger partial charge in [-0.3, -0.25) is 15.1 Å². The van der Waals surface area contributed by atoms with Gasteiger partial charge in [0.2, 0.25) is 0 Å². The molecule has 4 N–H and O–H groups in total. The summed E-state index contributed by atoms with van der Waals surface area (Å²) in [6.07, 6.45) is -0.547. The van der Waals surface area contributed by atoms with Crippen LogP contribution in [0.25, 0.3) is 11.1 Å². The van der Waals surface area contributed by atoms with Gasteiger partial charge >= 0.3 is 12.1 Å². The van der Waals surface area contributed by atoms with Gasteiger partial charge in [0.05, 0.1) is 37.1 Å². The summed E-state index contributed by atoms with van der Waals surface area (Å²) in [4.78, 5) is 37.7. The van der Waals surface area contributed by atoms with E-state index in [1.54, 1.807) is 32.2 Å². The first-order valence-corrected chi connectivity index (χ1v) is 11.0. The average Bonchev–Trinajstić information content (AvgIpc) is 2.91. The molecule has 0 aliphatic heterocycles. The molecule has 2 amide bonds. The number of ether oxygens (including phenoxy) is 2. The van der Waals surface area contributed by atoms with Gasteiger partial charge in [0, 0.05) is 29.9 Å². The number of hydrogen-bond donors (Lipinski definition) is 4. The number of carbonyl (C=O) groups excluding carboxylic acids is 2. The minimum absolute atomic E-state index is 0.0899. The largest absolute Gasteiger partial charge is 0.507 e. The summed E-state index contributed by atoms with van der Waals surface area (Å²) in [6, 6.07) is 13.4. The summed E-state index contributed by atoms with van der Waals surface area (Å²) >= 11 is 0. The van der Waals surface area contributed by atoms with E-state index < -0.39 is 29.4 Å². The van der Waals surface area contributed by atoms with Crippen molar-refractivity contribution in [1.82, 2.24) is 0 Å². The number of aromatic hydroxyl groups is 1. The molecule has 11 nitrogen and oxygen atoms in total. The fourth-order valence-corrected chi connectivity index (χ4v) is 3.76. The number of aryl methyl sites for hydroxylation is 1. The highest BCUT2D eigenvalue weighted by atomic mass is 16.5. The number of hydrogen-bond acceptors (Lipinski definition) is 8. The lowest BCUT2D eigenvalue weighted by Crippen LogP contribution is -2.25. The molecule has 0 aliphatic rings. The SMILES string of the molecule is COC(=O)N(C)c1ccc(-c2cc(C(=N)C(=O)Nc3ccc(C#N)cc3C(=O)O)c(O)cc2OC)c(C)c1. The molecule has 0 spiro atoms. The zero-order chi connectivity index (χ0) is 28.1. The molecule has 0 fully saturated rings.